The van der Waals surface area contributed by atoms with Crippen LogP contribution in [0.3, 0.4) is 0 Å². The van der Waals surface area contributed by atoms with Gasteiger partial charge in [0.1, 0.15) is 23.9 Å². The molecule has 1 aliphatic heterocycles. The maximum Gasteiger partial charge on any atom is 0.243 e. The van der Waals surface area contributed by atoms with Crippen molar-refractivity contribution in [3.8, 4) is 11.5 Å². The monoisotopic (exact) mass is 589 g/mol. The Balaban J connectivity index is 0.000000287. The third kappa shape index (κ3) is 10.1. The number of ketones is 1. The highest BCUT2D eigenvalue weighted by molar-refractivity contribution is 7.89. The minimum Gasteiger partial charge on any atom is -0.497 e. The molecule has 228 valence electrons. The first-order valence-electron chi connectivity index (χ1n) is 14.1. The molecule has 1 fully saturated rings. The Morgan fingerprint density at radius 1 is 1.05 bits per heavy atom. The van der Waals surface area contributed by atoms with Crippen LogP contribution in [0.2, 0.25) is 0 Å². The average molecular weight is 590 g/mol. The van der Waals surface area contributed by atoms with Crippen molar-refractivity contribution < 1.29 is 27.5 Å². The van der Waals surface area contributed by atoms with Gasteiger partial charge in [0.05, 0.1) is 18.6 Å². The Morgan fingerprint density at radius 2 is 1.66 bits per heavy atom. The van der Waals surface area contributed by atoms with Crippen molar-refractivity contribution in [2.75, 3.05) is 47.9 Å². The molecule has 41 heavy (non-hydrogen) atoms. The molecule has 1 amide bonds. The number of amides is 1. The van der Waals surface area contributed by atoms with E-state index < -0.39 is 10.0 Å². The average Bonchev–Trinajstić information content (AvgIpc) is 3.32. The summed E-state index contributed by atoms with van der Waals surface area (Å²) in [5.41, 5.74) is 2.34. The van der Waals surface area contributed by atoms with E-state index in [1.807, 2.05) is 38.2 Å². The van der Waals surface area contributed by atoms with Crippen molar-refractivity contribution in [2.24, 2.45) is 0 Å². The summed E-state index contributed by atoms with van der Waals surface area (Å²) in [6.07, 6.45) is 3.59. The van der Waals surface area contributed by atoms with E-state index in [9.17, 15) is 18.0 Å². The van der Waals surface area contributed by atoms with Crippen LogP contribution < -0.4 is 9.47 Å². The molecule has 0 radical (unpaired) electrons. The van der Waals surface area contributed by atoms with Crippen LogP contribution in [0.4, 0.5) is 0 Å². The second-order valence-electron chi connectivity index (χ2n) is 10.7. The summed E-state index contributed by atoms with van der Waals surface area (Å²) in [6.45, 7) is 9.39. The van der Waals surface area contributed by atoms with Crippen molar-refractivity contribution in [1.82, 2.24) is 14.1 Å². The standard InChI is InChI=1S/C16H24N2O2.C15H23NO4S/c1-13(19)18(3)11-14-6-8-16(9-7-14)20-12-15-5-4-10-17(15)2;1-6-7-13(17)10-16(4)21(18,19)15-11(2)8-14(20-5)9-12(15)3/h6-9,15H,4-5,10-12H2,1-3H3;8-9H,6-7,10H2,1-5H3. The van der Waals surface area contributed by atoms with Gasteiger partial charge >= 0.3 is 0 Å². The molecule has 1 saturated heterocycles. The molecule has 0 aliphatic carbocycles. The van der Waals surface area contributed by atoms with E-state index in [1.54, 1.807) is 37.8 Å². The lowest BCUT2D eigenvalue weighted by Crippen LogP contribution is -2.33. The molecule has 0 bridgehead atoms. The van der Waals surface area contributed by atoms with Crippen LogP contribution in [0.25, 0.3) is 0 Å². The number of sulfonamides is 1. The van der Waals surface area contributed by atoms with Gasteiger partial charge in [-0.25, -0.2) is 8.42 Å². The number of hydrogen-bond donors (Lipinski definition) is 0. The Kier molecular flexibility index (Phi) is 13.3. The zero-order valence-corrected chi connectivity index (χ0v) is 26.7. The van der Waals surface area contributed by atoms with Crippen molar-refractivity contribution in [3.63, 3.8) is 0 Å². The summed E-state index contributed by atoms with van der Waals surface area (Å²) < 4.78 is 37.4. The van der Waals surface area contributed by atoms with Crippen LogP contribution in [-0.4, -0.2) is 88.2 Å². The minimum atomic E-state index is -3.68. The predicted molar refractivity (Wildman–Crippen MR) is 162 cm³/mol. The SMILES string of the molecule is CC(=O)N(C)Cc1ccc(OCC2CCCN2C)cc1.CCCC(=O)CN(C)S(=O)(=O)c1c(C)cc(OC)cc1C. The maximum absolute atomic E-state index is 12.6. The summed E-state index contributed by atoms with van der Waals surface area (Å²) in [5.74, 6) is 1.52. The number of carbonyl (C=O) groups excluding carboxylic acids is 2. The zero-order valence-electron chi connectivity index (χ0n) is 25.9. The number of likely N-dealkylation sites (tertiary alicyclic amines) is 1. The highest BCUT2D eigenvalue weighted by Gasteiger charge is 2.26. The fourth-order valence-corrected chi connectivity index (χ4v) is 6.30. The summed E-state index contributed by atoms with van der Waals surface area (Å²) in [4.78, 5) is 27.2. The molecular formula is C31H47N3O6S. The summed E-state index contributed by atoms with van der Waals surface area (Å²) in [6, 6.07) is 11.9. The van der Waals surface area contributed by atoms with Crippen LogP contribution in [0.1, 0.15) is 56.2 Å². The fourth-order valence-electron chi connectivity index (χ4n) is 4.74. The summed E-state index contributed by atoms with van der Waals surface area (Å²) >= 11 is 0. The van der Waals surface area contributed by atoms with Gasteiger partial charge in [0.25, 0.3) is 0 Å². The van der Waals surface area contributed by atoms with Crippen molar-refractivity contribution in [3.05, 3.63) is 53.1 Å². The van der Waals surface area contributed by atoms with Crippen molar-refractivity contribution >= 4 is 21.7 Å². The normalized spacial score (nSPS) is 15.3. The Hall–Kier alpha value is -2.95. The van der Waals surface area contributed by atoms with Gasteiger partial charge in [-0.1, -0.05) is 19.1 Å². The number of carbonyl (C=O) groups is 2. The van der Waals surface area contributed by atoms with Gasteiger partial charge in [-0.05, 0) is 87.7 Å². The summed E-state index contributed by atoms with van der Waals surface area (Å²) in [5, 5.41) is 0. The van der Waals surface area contributed by atoms with Crippen LogP contribution in [-0.2, 0) is 26.2 Å². The Morgan fingerprint density at radius 3 is 2.15 bits per heavy atom. The number of likely N-dealkylation sites (N-methyl/N-ethyl adjacent to an activating group) is 2. The molecule has 3 rings (SSSR count). The van der Waals surface area contributed by atoms with Gasteiger partial charge in [0.15, 0.2) is 0 Å². The van der Waals surface area contributed by atoms with Gasteiger partial charge in [-0.2, -0.15) is 4.31 Å². The van der Waals surface area contributed by atoms with E-state index in [0.717, 1.165) is 22.2 Å². The highest BCUT2D eigenvalue weighted by atomic mass is 32.2. The lowest BCUT2D eigenvalue weighted by atomic mass is 10.1. The molecule has 1 heterocycles. The second kappa shape index (κ2) is 15.9. The smallest absolute Gasteiger partial charge is 0.243 e. The topological polar surface area (TPSA) is 96.5 Å². The summed E-state index contributed by atoms with van der Waals surface area (Å²) in [7, 11) is 3.26. The first-order chi connectivity index (χ1) is 19.3. The van der Waals surface area contributed by atoms with E-state index in [0.29, 0.717) is 42.3 Å². The van der Waals surface area contributed by atoms with Crippen molar-refractivity contribution in [1.29, 1.82) is 0 Å². The molecule has 9 nitrogen and oxygen atoms in total. The molecule has 10 heteroatoms. The number of ether oxygens (including phenoxy) is 2. The Labute approximate surface area is 246 Å². The van der Waals surface area contributed by atoms with E-state index in [-0.39, 0.29) is 23.1 Å². The van der Waals surface area contributed by atoms with Gasteiger partial charge in [-0.15, -0.1) is 0 Å². The van der Waals surface area contributed by atoms with E-state index in [2.05, 4.69) is 11.9 Å². The van der Waals surface area contributed by atoms with Crippen LogP contribution in [0.5, 0.6) is 11.5 Å². The molecule has 1 atom stereocenters. The quantitative estimate of drug-likeness (QED) is 0.361. The molecule has 1 aliphatic rings. The zero-order chi connectivity index (χ0) is 30.7. The van der Waals surface area contributed by atoms with Gasteiger partial charge in [-0.3, -0.25) is 9.59 Å². The first-order valence-corrected chi connectivity index (χ1v) is 15.5. The van der Waals surface area contributed by atoms with Crippen molar-refractivity contribution in [2.45, 2.75) is 70.9 Å². The van der Waals surface area contributed by atoms with E-state index >= 15 is 0 Å². The highest BCUT2D eigenvalue weighted by Crippen LogP contribution is 2.27. The predicted octanol–water partition coefficient (Wildman–Crippen LogP) is 4.44. The number of methoxy groups -OCH3 is 1. The second-order valence-corrected chi connectivity index (χ2v) is 12.7. The lowest BCUT2D eigenvalue weighted by molar-refractivity contribution is -0.128. The van der Waals surface area contributed by atoms with Crippen LogP contribution in [0.15, 0.2) is 41.3 Å². The number of rotatable bonds is 12. The molecule has 0 N–H and O–H groups in total. The third-order valence-corrected chi connectivity index (χ3v) is 9.37. The molecule has 0 spiro atoms. The minimum absolute atomic E-state index is 0.0765. The number of aryl methyl sites for hydroxylation is 2. The van der Waals surface area contributed by atoms with E-state index in [4.69, 9.17) is 9.47 Å². The van der Waals surface area contributed by atoms with Gasteiger partial charge in [0.2, 0.25) is 15.9 Å². The van der Waals surface area contributed by atoms with Gasteiger partial charge < -0.3 is 19.3 Å². The third-order valence-electron chi connectivity index (χ3n) is 7.26. The molecule has 0 aromatic heterocycles. The Bertz CT molecular complexity index is 1240. The number of Topliss-reactive ketones (excluding diaryl/α,β-unsaturated/α-hetero) is 1. The number of benzene rings is 2. The van der Waals surface area contributed by atoms with Crippen LogP contribution >= 0.6 is 0 Å². The lowest BCUT2D eigenvalue weighted by Gasteiger charge is -2.20. The van der Waals surface area contributed by atoms with Gasteiger partial charge in [0, 0.05) is 40.0 Å². The molecule has 2 aromatic carbocycles. The van der Waals surface area contributed by atoms with E-state index in [1.165, 1.54) is 33.5 Å². The number of hydrogen-bond acceptors (Lipinski definition) is 7. The molecular weight excluding hydrogens is 542 g/mol. The first kappa shape index (κ1) is 34.3. The molecule has 0 saturated carbocycles. The molecule has 2 aromatic rings. The molecule has 1 unspecified atom stereocenters. The maximum atomic E-state index is 12.6. The van der Waals surface area contributed by atoms with Crippen LogP contribution in [0, 0.1) is 13.8 Å². The largest absolute Gasteiger partial charge is 0.497 e. The fraction of sp³-hybridized carbons (Fsp3) is 0.548. The number of nitrogens with zero attached hydrogens (tertiary/aromatic N) is 3.